The zero-order valence-corrected chi connectivity index (χ0v) is 16.9. The van der Waals surface area contributed by atoms with E-state index in [-0.39, 0.29) is 11.6 Å². The molecule has 0 aliphatic rings. The number of benzene rings is 3. The number of nitrogens with zero attached hydrogens (tertiary/aromatic N) is 3. The Kier molecular flexibility index (Phi) is 5.75. The van der Waals surface area contributed by atoms with Gasteiger partial charge in [0, 0.05) is 16.6 Å². The molecule has 0 aliphatic heterocycles. The van der Waals surface area contributed by atoms with Crippen LogP contribution in [0.5, 0.6) is 5.75 Å². The minimum atomic E-state index is -0.616. The van der Waals surface area contributed by atoms with E-state index in [0.29, 0.717) is 17.0 Å². The predicted molar refractivity (Wildman–Crippen MR) is 120 cm³/mol. The number of nitro groups is 1. The van der Waals surface area contributed by atoms with Crippen molar-refractivity contribution >= 4 is 39.7 Å². The number of ether oxygens (including phenoxy) is 1. The molecule has 0 spiro atoms. The number of rotatable bonds is 7. The molecule has 1 aromatic heterocycles. The number of aromatic nitrogens is 2. The Morgan fingerprint density at radius 2 is 1.69 bits per heavy atom. The summed E-state index contributed by atoms with van der Waals surface area (Å²) in [5, 5.41) is 16.7. The highest BCUT2D eigenvalue weighted by Gasteiger charge is 2.24. The van der Waals surface area contributed by atoms with Gasteiger partial charge in [-0.05, 0) is 35.7 Å². The summed E-state index contributed by atoms with van der Waals surface area (Å²) in [4.78, 5) is 31.5. The monoisotopic (exact) mass is 430 g/mol. The van der Waals surface area contributed by atoms with E-state index >= 15 is 0 Å². The normalized spacial score (nSPS) is 10.4. The molecular weight excluding hydrogens is 412 g/mol. The van der Waals surface area contributed by atoms with Gasteiger partial charge in [0.2, 0.25) is 11.6 Å². The highest BCUT2D eigenvalue weighted by molar-refractivity contribution is 5.97. The number of amides is 1. The molecule has 3 N–H and O–H groups in total. The summed E-state index contributed by atoms with van der Waals surface area (Å²) in [6, 6.07) is 19.6. The topological polar surface area (TPSA) is 131 Å². The van der Waals surface area contributed by atoms with Crippen LogP contribution in [0.4, 0.5) is 23.0 Å². The molecule has 1 amide bonds. The van der Waals surface area contributed by atoms with Crippen molar-refractivity contribution in [2.24, 2.45) is 0 Å². The van der Waals surface area contributed by atoms with Gasteiger partial charge in [-0.3, -0.25) is 25.8 Å². The molecule has 160 valence electrons. The summed E-state index contributed by atoms with van der Waals surface area (Å²) in [7, 11) is 1.52. The molecule has 10 nitrogen and oxygen atoms in total. The lowest BCUT2D eigenvalue weighted by Gasteiger charge is -2.12. The van der Waals surface area contributed by atoms with E-state index in [1.165, 1.54) is 13.4 Å². The van der Waals surface area contributed by atoms with Crippen molar-refractivity contribution in [1.29, 1.82) is 0 Å². The molecule has 10 heteroatoms. The Bertz CT molecular complexity index is 1290. The van der Waals surface area contributed by atoms with Crippen LogP contribution in [0.3, 0.4) is 0 Å². The zero-order chi connectivity index (χ0) is 22.5. The quantitative estimate of drug-likeness (QED) is 0.296. The second-order valence-electron chi connectivity index (χ2n) is 6.64. The highest BCUT2D eigenvalue weighted by atomic mass is 16.6. The Morgan fingerprint density at radius 1 is 0.969 bits per heavy atom. The number of carbonyl (C=O) groups excluding carboxylic acids is 1. The third kappa shape index (κ3) is 4.24. The fraction of sp³-hybridized carbons (Fsp3) is 0.0455. The van der Waals surface area contributed by atoms with Crippen molar-refractivity contribution in [1.82, 2.24) is 15.4 Å². The molecule has 0 fully saturated rings. The third-order valence-electron chi connectivity index (χ3n) is 4.69. The number of hydrogen-bond acceptors (Lipinski definition) is 8. The van der Waals surface area contributed by atoms with Crippen LogP contribution in [0.15, 0.2) is 73.1 Å². The summed E-state index contributed by atoms with van der Waals surface area (Å²) < 4.78 is 5.06. The number of methoxy groups -OCH3 is 1. The lowest BCUT2D eigenvalue weighted by Crippen LogP contribution is -2.30. The van der Waals surface area contributed by atoms with E-state index in [1.54, 1.807) is 30.3 Å². The molecule has 4 rings (SSSR count). The second-order valence-corrected chi connectivity index (χ2v) is 6.64. The highest BCUT2D eigenvalue weighted by Crippen LogP contribution is 2.33. The standard InChI is InChI=1S/C22H18N6O4/c1-32-16-11-9-15(10-12-16)22(29)27-26-21-19(28(30)31)20(23-13-24-21)25-18-8-4-6-14-5-2-3-7-17(14)18/h2-13H,1H3,(H,27,29)(H2,23,24,25,26). The summed E-state index contributed by atoms with van der Waals surface area (Å²) in [5.74, 6) is -0.0635. The van der Waals surface area contributed by atoms with Gasteiger partial charge in [-0.1, -0.05) is 36.4 Å². The summed E-state index contributed by atoms with van der Waals surface area (Å²) in [5.41, 5.74) is 5.52. The largest absolute Gasteiger partial charge is 0.497 e. The Balaban J connectivity index is 1.59. The van der Waals surface area contributed by atoms with Crippen molar-refractivity contribution < 1.29 is 14.5 Å². The maximum Gasteiger partial charge on any atom is 0.355 e. The van der Waals surface area contributed by atoms with E-state index in [1.807, 2.05) is 36.4 Å². The summed E-state index contributed by atoms with van der Waals surface area (Å²) in [6.45, 7) is 0. The van der Waals surface area contributed by atoms with Crippen molar-refractivity contribution in [3.8, 4) is 5.75 Å². The van der Waals surface area contributed by atoms with Gasteiger partial charge in [-0.25, -0.2) is 9.97 Å². The van der Waals surface area contributed by atoms with Gasteiger partial charge in [0.05, 0.1) is 12.0 Å². The summed E-state index contributed by atoms with van der Waals surface area (Å²) in [6.07, 6.45) is 1.17. The smallest absolute Gasteiger partial charge is 0.355 e. The van der Waals surface area contributed by atoms with Crippen LogP contribution in [0, 0.1) is 10.1 Å². The van der Waals surface area contributed by atoms with Crippen molar-refractivity contribution in [2.45, 2.75) is 0 Å². The molecule has 0 saturated carbocycles. The second kappa shape index (κ2) is 8.96. The van der Waals surface area contributed by atoms with Crippen LogP contribution in [0.2, 0.25) is 0 Å². The van der Waals surface area contributed by atoms with Crippen molar-refractivity contribution in [3.05, 3.63) is 88.7 Å². The van der Waals surface area contributed by atoms with Crippen LogP contribution in [-0.4, -0.2) is 27.9 Å². The first kappa shape index (κ1) is 20.5. The van der Waals surface area contributed by atoms with Gasteiger partial charge in [-0.2, -0.15) is 0 Å². The van der Waals surface area contributed by atoms with Gasteiger partial charge in [-0.15, -0.1) is 0 Å². The molecule has 0 unspecified atom stereocenters. The molecule has 3 aromatic carbocycles. The van der Waals surface area contributed by atoms with E-state index in [0.717, 1.165) is 10.8 Å². The lowest BCUT2D eigenvalue weighted by atomic mass is 10.1. The molecule has 0 aliphatic carbocycles. The van der Waals surface area contributed by atoms with Gasteiger partial charge in [0.1, 0.15) is 12.1 Å². The molecular formula is C22H18N6O4. The Labute approximate surface area is 182 Å². The van der Waals surface area contributed by atoms with E-state index in [9.17, 15) is 14.9 Å². The Hall–Kier alpha value is -4.73. The molecule has 0 atom stereocenters. The van der Waals surface area contributed by atoms with Crippen LogP contribution >= 0.6 is 0 Å². The van der Waals surface area contributed by atoms with Crippen LogP contribution in [-0.2, 0) is 0 Å². The summed E-state index contributed by atoms with van der Waals surface area (Å²) >= 11 is 0. The number of fused-ring (bicyclic) bond motifs is 1. The van der Waals surface area contributed by atoms with Crippen molar-refractivity contribution in [2.75, 3.05) is 17.9 Å². The number of carbonyl (C=O) groups is 1. The minimum absolute atomic E-state index is 0.0115. The molecule has 1 heterocycles. The molecule has 32 heavy (non-hydrogen) atoms. The maximum absolute atomic E-state index is 12.4. The first-order chi connectivity index (χ1) is 15.6. The lowest BCUT2D eigenvalue weighted by molar-refractivity contribution is -0.383. The first-order valence-corrected chi connectivity index (χ1v) is 9.51. The minimum Gasteiger partial charge on any atom is -0.497 e. The van der Waals surface area contributed by atoms with E-state index < -0.39 is 16.5 Å². The van der Waals surface area contributed by atoms with E-state index in [2.05, 4.69) is 26.1 Å². The fourth-order valence-electron chi connectivity index (χ4n) is 3.13. The number of hydrazine groups is 1. The van der Waals surface area contributed by atoms with Crippen LogP contribution in [0.25, 0.3) is 10.8 Å². The molecule has 4 aromatic rings. The van der Waals surface area contributed by atoms with Crippen LogP contribution < -0.4 is 20.9 Å². The number of hydrogen-bond donors (Lipinski definition) is 3. The van der Waals surface area contributed by atoms with E-state index in [4.69, 9.17) is 4.74 Å². The molecule has 0 radical (unpaired) electrons. The maximum atomic E-state index is 12.4. The SMILES string of the molecule is COc1ccc(C(=O)NNc2ncnc(Nc3cccc4ccccc34)c2[N+](=O)[O-])cc1. The zero-order valence-electron chi connectivity index (χ0n) is 16.9. The predicted octanol–water partition coefficient (Wildman–Crippen LogP) is 4.05. The Morgan fingerprint density at radius 3 is 2.44 bits per heavy atom. The fourth-order valence-corrected chi connectivity index (χ4v) is 3.13. The molecule has 0 bridgehead atoms. The van der Waals surface area contributed by atoms with Gasteiger partial charge in [0.25, 0.3) is 5.91 Å². The molecule has 0 saturated heterocycles. The average molecular weight is 430 g/mol. The first-order valence-electron chi connectivity index (χ1n) is 9.51. The van der Waals surface area contributed by atoms with Crippen LogP contribution in [0.1, 0.15) is 10.4 Å². The van der Waals surface area contributed by atoms with Gasteiger partial charge in [0.15, 0.2) is 0 Å². The van der Waals surface area contributed by atoms with Crippen molar-refractivity contribution in [3.63, 3.8) is 0 Å². The number of anilines is 3. The van der Waals surface area contributed by atoms with Gasteiger partial charge < -0.3 is 10.1 Å². The third-order valence-corrected chi connectivity index (χ3v) is 4.69. The number of nitrogens with one attached hydrogen (secondary N) is 3. The average Bonchev–Trinajstić information content (AvgIpc) is 2.82. The van der Waals surface area contributed by atoms with Gasteiger partial charge >= 0.3 is 5.69 Å².